The van der Waals surface area contributed by atoms with Crippen LogP contribution < -0.4 is 10.2 Å². The van der Waals surface area contributed by atoms with Crippen LogP contribution in [-0.4, -0.2) is 25.7 Å². The summed E-state index contributed by atoms with van der Waals surface area (Å²) in [5.41, 5.74) is 1.39. The van der Waals surface area contributed by atoms with Crippen LogP contribution in [0.25, 0.3) is 0 Å². The maximum atomic E-state index is 3.86. The first-order valence-corrected chi connectivity index (χ1v) is 8.84. The summed E-state index contributed by atoms with van der Waals surface area (Å²) in [6.45, 7) is 6.07. The number of piperidine rings is 1. The second kappa shape index (κ2) is 7.31. The van der Waals surface area contributed by atoms with Crippen LogP contribution in [0.2, 0.25) is 0 Å². The molecule has 1 saturated carbocycles. The zero-order valence-corrected chi connectivity index (χ0v) is 13.4. The van der Waals surface area contributed by atoms with Crippen molar-refractivity contribution >= 4 is 5.69 Å². The second-order valence-corrected chi connectivity index (χ2v) is 7.14. The molecular weight excluding hydrogens is 256 g/mol. The van der Waals surface area contributed by atoms with Crippen molar-refractivity contribution in [3.8, 4) is 0 Å². The summed E-state index contributed by atoms with van der Waals surface area (Å²) in [5, 5.41) is 3.86. The lowest BCUT2D eigenvalue weighted by Gasteiger charge is -2.35. The molecule has 1 saturated heterocycles. The van der Waals surface area contributed by atoms with Gasteiger partial charge < -0.3 is 10.2 Å². The molecule has 1 aromatic rings. The zero-order valence-electron chi connectivity index (χ0n) is 13.4. The molecule has 1 aromatic carbocycles. The van der Waals surface area contributed by atoms with Crippen LogP contribution in [0.15, 0.2) is 30.3 Å². The van der Waals surface area contributed by atoms with Crippen LogP contribution in [0.4, 0.5) is 5.69 Å². The van der Waals surface area contributed by atoms with Crippen LogP contribution >= 0.6 is 0 Å². The van der Waals surface area contributed by atoms with E-state index < -0.39 is 0 Å². The first kappa shape index (κ1) is 14.9. The third kappa shape index (κ3) is 4.23. The third-order valence-corrected chi connectivity index (χ3v) is 5.36. The summed E-state index contributed by atoms with van der Waals surface area (Å²) in [6, 6.07) is 11.6. The van der Waals surface area contributed by atoms with Crippen LogP contribution in [0.1, 0.15) is 45.4 Å². The highest BCUT2D eigenvalue weighted by Crippen LogP contribution is 2.28. The molecule has 0 aromatic heterocycles. The maximum Gasteiger partial charge on any atom is 0.0366 e. The Labute approximate surface area is 129 Å². The van der Waals surface area contributed by atoms with E-state index in [9.17, 15) is 0 Å². The summed E-state index contributed by atoms with van der Waals surface area (Å²) >= 11 is 0. The largest absolute Gasteiger partial charge is 0.371 e. The van der Waals surface area contributed by atoms with Gasteiger partial charge in [-0.2, -0.15) is 0 Å². The SMILES string of the molecule is CC1CCCC(CNC2CCN(c3ccccc3)CC2)C1. The molecule has 2 unspecified atom stereocenters. The molecule has 0 radical (unpaired) electrons. The van der Waals surface area contributed by atoms with Crippen molar-refractivity contribution in [3.05, 3.63) is 30.3 Å². The highest BCUT2D eigenvalue weighted by atomic mass is 15.1. The van der Waals surface area contributed by atoms with Crippen LogP contribution in [0.3, 0.4) is 0 Å². The first-order valence-electron chi connectivity index (χ1n) is 8.84. The van der Waals surface area contributed by atoms with Gasteiger partial charge in [-0.05, 0) is 56.2 Å². The Morgan fingerprint density at radius 1 is 1.05 bits per heavy atom. The normalized spacial score (nSPS) is 27.8. The molecule has 2 atom stereocenters. The molecule has 1 aliphatic carbocycles. The molecule has 0 amide bonds. The van der Waals surface area contributed by atoms with Gasteiger partial charge in [-0.1, -0.05) is 38.0 Å². The molecule has 1 aliphatic heterocycles. The molecule has 2 heteroatoms. The van der Waals surface area contributed by atoms with Gasteiger partial charge in [0.05, 0.1) is 0 Å². The predicted molar refractivity (Wildman–Crippen MR) is 90.8 cm³/mol. The maximum absolute atomic E-state index is 3.86. The van der Waals surface area contributed by atoms with Crippen molar-refractivity contribution < 1.29 is 0 Å². The van der Waals surface area contributed by atoms with E-state index in [-0.39, 0.29) is 0 Å². The van der Waals surface area contributed by atoms with Gasteiger partial charge in [-0.25, -0.2) is 0 Å². The summed E-state index contributed by atoms with van der Waals surface area (Å²) in [7, 11) is 0. The number of rotatable bonds is 4. The minimum atomic E-state index is 0.738. The summed E-state index contributed by atoms with van der Waals surface area (Å²) in [6.07, 6.45) is 8.36. The fourth-order valence-corrected chi connectivity index (χ4v) is 4.06. The van der Waals surface area contributed by atoms with E-state index >= 15 is 0 Å². The smallest absolute Gasteiger partial charge is 0.0366 e. The highest BCUT2D eigenvalue weighted by molar-refractivity contribution is 5.46. The molecule has 0 bridgehead atoms. The van der Waals surface area contributed by atoms with E-state index in [1.807, 2.05) is 0 Å². The molecule has 2 nitrogen and oxygen atoms in total. The van der Waals surface area contributed by atoms with E-state index in [2.05, 4.69) is 47.5 Å². The van der Waals surface area contributed by atoms with Gasteiger partial charge in [0.2, 0.25) is 0 Å². The van der Waals surface area contributed by atoms with Gasteiger partial charge in [0, 0.05) is 24.8 Å². The number of anilines is 1. The lowest BCUT2D eigenvalue weighted by molar-refractivity contribution is 0.260. The van der Waals surface area contributed by atoms with E-state index in [4.69, 9.17) is 0 Å². The first-order chi connectivity index (χ1) is 10.3. The van der Waals surface area contributed by atoms with Gasteiger partial charge in [0.1, 0.15) is 0 Å². The molecule has 21 heavy (non-hydrogen) atoms. The van der Waals surface area contributed by atoms with Crippen molar-refractivity contribution in [2.24, 2.45) is 11.8 Å². The molecule has 2 aliphatic rings. The van der Waals surface area contributed by atoms with Crippen molar-refractivity contribution in [1.29, 1.82) is 0 Å². The Hall–Kier alpha value is -1.02. The average molecular weight is 286 g/mol. The standard InChI is InChI=1S/C19H30N2/c1-16-6-5-7-17(14-16)15-20-18-10-12-21(13-11-18)19-8-3-2-4-9-19/h2-4,8-9,16-18,20H,5-7,10-15H2,1H3. The Balaban J connectivity index is 1.40. The molecule has 1 heterocycles. The Bertz CT molecular complexity index is 409. The van der Waals surface area contributed by atoms with Crippen molar-refractivity contribution in [2.75, 3.05) is 24.5 Å². The summed E-state index contributed by atoms with van der Waals surface area (Å²) < 4.78 is 0. The van der Waals surface area contributed by atoms with E-state index in [0.29, 0.717) is 0 Å². The van der Waals surface area contributed by atoms with Crippen molar-refractivity contribution in [3.63, 3.8) is 0 Å². The number of hydrogen-bond donors (Lipinski definition) is 1. The van der Waals surface area contributed by atoms with Gasteiger partial charge in [0.15, 0.2) is 0 Å². The fourth-order valence-electron chi connectivity index (χ4n) is 4.06. The molecule has 3 rings (SSSR count). The number of para-hydroxylation sites is 1. The lowest BCUT2D eigenvalue weighted by atomic mass is 9.82. The predicted octanol–water partition coefficient (Wildman–Crippen LogP) is 4.07. The fraction of sp³-hybridized carbons (Fsp3) is 0.684. The van der Waals surface area contributed by atoms with Crippen molar-refractivity contribution in [2.45, 2.75) is 51.5 Å². The number of hydrogen-bond acceptors (Lipinski definition) is 2. The molecule has 116 valence electrons. The van der Waals surface area contributed by atoms with E-state index in [1.165, 1.54) is 63.8 Å². The van der Waals surface area contributed by atoms with E-state index in [0.717, 1.165) is 17.9 Å². The van der Waals surface area contributed by atoms with E-state index in [1.54, 1.807) is 0 Å². The third-order valence-electron chi connectivity index (χ3n) is 5.36. The number of benzene rings is 1. The molecule has 1 N–H and O–H groups in total. The average Bonchev–Trinajstić information content (AvgIpc) is 2.54. The summed E-state index contributed by atoms with van der Waals surface area (Å²) in [5.74, 6) is 1.88. The Morgan fingerprint density at radius 2 is 1.81 bits per heavy atom. The molecular formula is C19H30N2. The number of nitrogens with zero attached hydrogens (tertiary/aromatic N) is 1. The highest BCUT2D eigenvalue weighted by Gasteiger charge is 2.22. The van der Waals surface area contributed by atoms with Crippen LogP contribution in [-0.2, 0) is 0 Å². The van der Waals surface area contributed by atoms with Crippen LogP contribution in [0.5, 0.6) is 0 Å². The Morgan fingerprint density at radius 3 is 2.52 bits per heavy atom. The van der Waals surface area contributed by atoms with Gasteiger partial charge in [-0.3, -0.25) is 0 Å². The van der Waals surface area contributed by atoms with Crippen molar-refractivity contribution in [1.82, 2.24) is 5.32 Å². The minimum Gasteiger partial charge on any atom is -0.371 e. The lowest BCUT2D eigenvalue weighted by Crippen LogP contribution is -2.44. The Kier molecular flexibility index (Phi) is 5.18. The number of nitrogens with one attached hydrogen (secondary N) is 1. The van der Waals surface area contributed by atoms with Gasteiger partial charge in [0.25, 0.3) is 0 Å². The van der Waals surface area contributed by atoms with Gasteiger partial charge >= 0.3 is 0 Å². The minimum absolute atomic E-state index is 0.738. The molecule has 0 spiro atoms. The van der Waals surface area contributed by atoms with Crippen LogP contribution in [0, 0.1) is 11.8 Å². The van der Waals surface area contributed by atoms with Gasteiger partial charge in [-0.15, -0.1) is 0 Å². The second-order valence-electron chi connectivity index (χ2n) is 7.14. The quantitative estimate of drug-likeness (QED) is 0.897. The topological polar surface area (TPSA) is 15.3 Å². The summed E-state index contributed by atoms with van der Waals surface area (Å²) in [4.78, 5) is 2.53. The molecule has 2 fully saturated rings. The zero-order chi connectivity index (χ0) is 14.5. The monoisotopic (exact) mass is 286 g/mol.